The van der Waals surface area contributed by atoms with Gasteiger partial charge in [0.1, 0.15) is 0 Å². The zero-order chi connectivity index (χ0) is 27.6. The van der Waals surface area contributed by atoms with Crippen LogP contribution in [0.5, 0.6) is 0 Å². The minimum atomic E-state index is 0.989. The molecular formula is C38H24N4. The van der Waals surface area contributed by atoms with Gasteiger partial charge in [0.15, 0.2) is 0 Å². The molecule has 3 aromatic heterocycles. The van der Waals surface area contributed by atoms with Gasteiger partial charge in [-0.1, -0.05) is 72.8 Å². The molecule has 0 amide bonds. The summed E-state index contributed by atoms with van der Waals surface area (Å²) in [5.74, 6) is 0. The molecule has 0 N–H and O–H groups in total. The number of rotatable bonds is 2. The van der Waals surface area contributed by atoms with Crippen molar-refractivity contribution in [3.8, 4) is 11.4 Å². The van der Waals surface area contributed by atoms with Crippen LogP contribution >= 0.6 is 0 Å². The highest BCUT2D eigenvalue weighted by molar-refractivity contribution is 6.04. The van der Waals surface area contributed by atoms with E-state index >= 15 is 0 Å². The molecule has 0 fully saturated rings. The van der Waals surface area contributed by atoms with E-state index in [0.29, 0.717) is 0 Å². The normalized spacial score (nSPS) is 11.8. The van der Waals surface area contributed by atoms with Gasteiger partial charge in [0.25, 0.3) is 0 Å². The predicted octanol–water partition coefficient (Wildman–Crippen LogP) is 9.54. The molecule has 0 atom stereocenters. The highest BCUT2D eigenvalue weighted by Crippen LogP contribution is 2.32. The van der Waals surface area contributed by atoms with Crippen LogP contribution in [0.4, 0.5) is 0 Å². The van der Waals surface area contributed by atoms with Crippen LogP contribution in [-0.2, 0) is 0 Å². The van der Waals surface area contributed by atoms with Gasteiger partial charge < -0.3 is 9.13 Å². The maximum Gasteiger partial charge on any atom is 0.0703 e. The van der Waals surface area contributed by atoms with Crippen LogP contribution < -0.4 is 0 Å². The molecule has 0 aliphatic rings. The summed E-state index contributed by atoms with van der Waals surface area (Å²) in [7, 11) is 0. The molecule has 0 spiro atoms. The zero-order valence-electron chi connectivity index (χ0n) is 22.6. The second-order valence-corrected chi connectivity index (χ2v) is 10.8. The third-order valence-corrected chi connectivity index (χ3v) is 8.35. The van der Waals surface area contributed by atoms with Gasteiger partial charge in [-0.05, 0) is 71.4 Å². The van der Waals surface area contributed by atoms with Crippen LogP contribution in [-0.4, -0.2) is 19.1 Å². The summed E-state index contributed by atoms with van der Waals surface area (Å²) in [6.07, 6.45) is 3.97. The fraction of sp³-hybridized carbons (Fsp3) is 0. The summed E-state index contributed by atoms with van der Waals surface area (Å²) in [5, 5.41) is 6.93. The number of pyridine rings is 2. The van der Waals surface area contributed by atoms with Gasteiger partial charge in [0, 0.05) is 32.6 Å². The first-order chi connectivity index (χ1) is 20.8. The van der Waals surface area contributed by atoms with E-state index in [0.717, 1.165) is 55.2 Å². The van der Waals surface area contributed by atoms with Crippen molar-refractivity contribution in [1.29, 1.82) is 0 Å². The van der Waals surface area contributed by atoms with Crippen LogP contribution in [0.25, 0.3) is 76.8 Å². The number of para-hydroxylation sites is 2. The van der Waals surface area contributed by atoms with Gasteiger partial charge in [-0.2, -0.15) is 0 Å². The van der Waals surface area contributed by atoms with Crippen LogP contribution in [0.1, 0.15) is 0 Å². The molecule has 0 saturated heterocycles. The highest BCUT2D eigenvalue weighted by atomic mass is 15.0. The summed E-state index contributed by atoms with van der Waals surface area (Å²) in [5.41, 5.74) is 8.43. The van der Waals surface area contributed by atoms with E-state index in [-0.39, 0.29) is 0 Å². The standard InChI is InChI=1S/C38H24N4/c1-3-11-35-27(7-1)19-31(23-39-35)41-29-17-15-26-10-6-14-38(34(26)21-29)42(32-20-28-8-2-4-12-36(28)40-24-32)30-18-16-25-9-5-13-37(41)33(25)22-30/h1-24H. The molecule has 196 valence electrons. The van der Waals surface area contributed by atoms with Crippen LogP contribution in [0.3, 0.4) is 0 Å². The first kappa shape index (κ1) is 23.0. The maximum atomic E-state index is 4.84. The SMILES string of the molecule is c1ccc2ncc(-n3c4ccc5cccc(c5c4)n(-c4cnc5ccccc5c4)c4ccc5cccc3c5c4)cc2c1. The van der Waals surface area contributed by atoms with Crippen molar-refractivity contribution in [3.63, 3.8) is 0 Å². The second-order valence-electron chi connectivity index (χ2n) is 10.8. The highest BCUT2D eigenvalue weighted by Gasteiger charge is 2.12. The number of benzene rings is 6. The van der Waals surface area contributed by atoms with E-state index in [1.807, 2.05) is 24.5 Å². The Morgan fingerprint density at radius 3 is 1.33 bits per heavy atom. The molecule has 4 bridgehead atoms. The van der Waals surface area contributed by atoms with Crippen molar-refractivity contribution in [2.24, 2.45) is 0 Å². The summed E-state index contributed by atoms with van der Waals surface area (Å²) in [4.78, 5) is 9.69. The number of aromatic nitrogens is 4. The zero-order valence-corrected chi connectivity index (χ0v) is 22.6. The third kappa shape index (κ3) is 3.49. The first-order valence-corrected chi connectivity index (χ1v) is 14.2. The molecule has 0 radical (unpaired) electrons. The quantitative estimate of drug-likeness (QED) is 0.221. The van der Waals surface area contributed by atoms with Crippen molar-refractivity contribution < 1.29 is 0 Å². The van der Waals surface area contributed by atoms with E-state index in [9.17, 15) is 0 Å². The van der Waals surface area contributed by atoms with Crippen molar-refractivity contribution in [2.45, 2.75) is 0 Å². The van der Waals surface area contributed by atoms with Gasteiger partial charge in [-0.15, -0.1) is 0 Å². The number of hydrogen-bond donors (Lipinski definition) is 0. The molecule has 4 nitrogen and oxygen atoms in total. The summed E-state index contributed by atoms with van der Waals surface area (Å²) < 4.78 is 4.68. The monoisotopic (exact) mass is 536 g/mol. The Bertz CT molecular complexity index is 2360. The Morgan fingerprint density at radius 2 is 0.833 bits per heavy atom. The van der Waals surface area contributed by atoms with Gasteiger partial charge in [0.05, 0.1) is 45.8 Å². The van der Waals surface area contributed by atoms with E-state index < -0.39 is 0 Å². The summed E-state index contributed by atoms with van der Waals surface area (Å²) >= 11 is 0. The number of hydrogen-bond acceptors (Lipinski definition) is 2. The van der Waals surface area contributed by atoms with Gasteiger partial charge in [-0.25, -0.2) is 0 Å². The Kier molecular flexibility index (Phi) is 4.87. The Morgan fingerprint density at radius 1 is 0.381 bits per heavy atom. The van der Waals surface area contributed by atoms with Crippen molar-refractivity contribution in [2.75, 3.05) is 0 Å². The molecule has 6 aromatic carbocycles. The minimum absolute atomic E-state index is 0.989. The third-order valence-electron chi connectivity index (χ3n) is 8.35. The molecule has 9 aromatic rings. The van der Waals surface area contributed by atoms with E-state index in [1.54, 1.807) is 0 Å². The Labute approximate surface area is 241 Å². The molecule has 0 saturated carbocycles. The maximum absolute atomic E-state index is 4.84. The fourth-order valence-corrected chi connectivity index (χ4v) is 6.37. The first-order valence-electron chi connectivity index (χ1n) is 14.2. The van der Waals surface area contributed by atoms with Gasteiger partial charge >= 0.3 is 0 Å². The van der Waals surface area contributed by atoms with Crippen LogP contribution in [0.2, 0.25) is 0 Å². The lowest BCUT2D eigenvalue weighted by Crippen LogP contribution is -2.02. The lowest BCUT2D eigenvalue weighted by molar-refractivity contribution is 1.13. The average Bonchev–Trinajstić information content (AvgIpc) is 3.05. The molecule has 0 aliphatic carbocycles. The summed E-state index contributed by atoms with van der Waals surface area (Å²) in [6, 6.07) is 47.6. The molecule has 3 heterocycles. The molecule has 4 heteroatoms. The van der Waals surface area contributed by atoms with Gasteiger partial charge in [0.2, 0.25) is 0 Å². The van der Waals surface area contributed by atoms with Crippen molar-refractivity contribution in [1.82, 2.24) is 19.1 Å². The second kappa shape index (κ2) is 8.88. The lowest BCUT2D eigenvalue weighted by atomic mass is 10.1. The van der Waals surface area contributed by atoms with Crippen molar-refractivity contribution >= 4 is 65.4 Å². The van der Waals surface area contributed by atoms with Crippen LogP contribution in [0, 0.1) is 0 Å². The topological polar surface area (TPSA) is 35.6 Å². The van der Waals surface area contributed by atoms with Crippen molar-refractivity contribution in [3.05, 3.63) is 146 Å². The van der Waals surface area contributed by atoms with Crippen LogP contribution in [0.15, 0.2) is 146 Å². The molecule has 42 heavy (non-hydrogen) atoms. The summed E-state index contributed by atoms with van der Waals surface area (Å²) in [6.45, 7) is 0. The lowest BCUT2D eigenvalue weighted by Gasteiger charge is -2.18. The Balaban J connectivity index is 1.50. The van der Waals surface area contributed by atoms with E-state index in [4.69, 9.17) is 9.97 Å². The smallest absolute Gasteiger partial charge is 0.0703 e. The molecule has 0 aliphatic heterocycles. The number of fused-ring (bicyclic) bond motifs is 4. The molecule has 9 rings (SSSR count). The molecular weight excluding hydrogens is 512 g/mol. The largest absolute Gasteiger partial charge is 0.308 e. The van der Waals surface area contributed by atoms with E-state index in [1.165, 1.54) is 21.5 Å². The fourth-order valence-electron chi connectivity index (χ4n) is 6.37. The average molecular weight is 537 g/mol. The number of nitrogens with zero attached hydrogens (tertiary/aromatic N) is 4. The molecule has 0 unspecified atom stereocenters. The Hall–Kier alpha value is -5.74. The van der Waals surface area contributed by atoms with Gasteiger partial charge in [-0.3, -0.25) is 9.97 Å². The minimum Gasteiger partial charge on any atom is -0.308 e. The predicted molar refractivity (Wildman–Crippen MR) is 175 cm³/mol. The van der Waals surface area contributed by atoms with E-state index in [2.05, 4.69) is 130 Å².